The van der Waals surface area contributed by atoms with Crippen LogP contribution in [0.2, 0.25) is 0 Å². The molecule has 0 aromatic heterocycles. The van der Waals surface area contributed by atoms with E-state index in [9.17, 15) is 25.2 Å². The molecule has 2 fully saturated rings. The van der Waals surface area contributed by atoms with E-state index in [1.54, 1.807) is 32.4 Å². The van der Waals surface area contributed by atoms with Crippen molar-refractivity contribution in [3.05, 3.63) is 47.5 Å². The first-order chi connectivity index (χ1) is 18.3. The summed E-state index contributed by atoms with van der Waals surface area (Å²) < 4.78 is 32.7. The van der Waals surface area contributed by atoms with Gasteiger partial charge in [-0.3, -0.25) is 4.79 Å². The molecule has 2 aromatic rings. The molecule has 0 radical (unpaired) electrons. The second-order valence-electron chi connectivity index (χ2n) is 9.39. The SMILES string of the molecule is COc1ccc(C[C@H]2C(=O)OC[C@H]2Cc2ccc(O[C@@H]3O[C@@H](CO)[C@@H](O)[C@@H](O)[C@H]3O)c(OC)c2)cc1OC. The van der Waals surface area contributed by atoms with Crippen LogP contribution in [0.5, 0.6) is 23.0 Å². The predicted molar refractivity (Wildman–Crippen MR) is 132 cm³/mol. The van der Waals surface area contributed by atoms with E-state index in [4.69, 9.17) is 28.4 Å². The minimum Gasteiger partial charge on any atom is -0.493 e. The van der Waals surface area contributed by atoms with E-state index in [-0.39, 0.29) is 23.6 Å². The number of aliphatic hydroxyl groups is 4. The summed E-state index contributed by atoms with van der Waals surface area (Å²) in [5.41, 5.74) is 1.81. The third-order valence-corrected chi connectivity index (χ3v) is 7.03. The average Bonchev–Trinajstić information content (AvgIpc) is 3.27. The van der Waals surface area contributed by atoms with Gasteiger partial charge in [-0.05, 0) is 48.2 Å². The van der Waals surface area contributed by atoms with Crippen molar-refractivity contribution in [2.75, 3.05) is 34.5 Å². The Balaban J connectivity index is 1.47. The van der Waals surface area contributed by atoms with Gasteiger partial charge in [0, 0.05) is 5.92 Å². The van der Waals surface area contributed by atoms with Gasteiger partial charge in [0.15, 0.2) is 23.0 Å². The maximum absolute atomic E-state index is 12.6. The predicted octanol–water partition coefficient (Wildman–Crippen LogP) is 0.466. The number of hydrogen-bond donors (Lipinski definition) is 4. The molecule has 4 rings (SSSR count). The van der Waals surface area contributed by atoms with Crippen LogP contribution in [0, 0.1) is 11.8 Å². The van der Waals surface area contributed by atoms with Gasteiger partial charge in [-0.15, -0.1) is 0 Å². The Morgan fingerprint density at radius 2 is 1.42 bits per heavy atom. The number of aliphatic hydroxyl groups excluding tert-OH is 4. The van der Waals surface area contributed by atoms with Crippen LogP contribution in [0.3, 0.4) is 0 Å². The second kappa shape index (κ2) is 12.2. The van der Waals surface area contributed by atoms with Crippen molar-refractivity contribution < 1.29 is 53.6 Å². The Morgan fingerprint density at radius 1 is 0.816 bits per heavy atom. The fraction of sp³-hybridized carbons (Fsp3) is 0.519. The lowest BCUT2D eigenvalue weighted by molar-refractivity contribution is -0.277. The maximum atomic E-state index is 12.6. The van der Waals surface area contributed by atoms with E-state index in [1.165, 1.54) is 7.11 Å². The zero-order chi connectivity index (χ0) is 27.4. The van der Waals surface area contributed by atoms with Crippen LogP contribution in [-0.2, 0) is 27.1 Å². The van der Waals surface area contributed by atoms with Crippen molar-refractivity contribution >= 4 is 5.97 Å². The number of cyclic esters (lactones) is 1. The lowest BCUT2D eigenvalue weighted by Crippen LogP contribution is -2.60. The van der Waals surface area contributed by atoms with Gasteiger partial charge in [-0.2, -0.15) is 0 Å². The smallest absolute Gasteiger partial charge is 0.309 e. The Morgan fingerprint density at radius 3 is 2.05 bits per heavy atom. The molecule has 11 heteroatoms. The first-order valence-electron chi connectivity index (χ1n) is 12.3. The molecular weight excluding hydrogens is 500 g/mol. The minimum absolute atomic E-state index is 0.0717. The zero-order valence-corrected chi connectivity index (χ0v) is 21.5. The molecule has 2 aliphatic heterocycles. The molecule has 0 saturated carbocycles. The second-order valence-corrected chi connectivity index (χ2v) is 9.39. The maximum Gasteiger partial charge on any atom is 0.309 e. The molecule has 7 atom stereocenters. The summed E-state index contributed by atoms with van der Waals surface area (Å²) in [4.78, 5) is 12.6. The summed E-state index contributed by atoms with van der Waals surface area (Å²) in [6.07, 6.45) is -5.99. The summed E-state index contributed by atoms with van der Waals surface area (Å²) in [5, 5.41) is 39.7. The van der Waals surface area contributed by atoms with E-state index < -0.39 is 37.3 Å². The van der Waals surface area contributed by atoms with Gasteiger partial charge >= 0.3 is 5.97 Å². The summed E-state index contributed by atoms with van der Waals surface area (Å²) in [7, 11) is 4.59. The van der Waals surface area contributed by atoms with Gasteiger partial charge in [0.1, 0.15) is 24.4 Å². The molecule has 0 unspecified atom stereocenters. The monoisotopic (exact) mass is 534 g/mol. The quantitative estimate of drug-likeness (QED) is 0.315. The van der Waals surface area contributed by atoms with Crippen LogP contribution in [-0.4, -0.2) is 91.6 Å². The topological polar surface area (TPSA) is 153 Å². The molecule has 0 bridgehead atoms. The van der Waals surface area contributed by atoms with E-state index >= 15 is 0 Å². The first kappa shape index (κ1) is 27.9. The minimum atomic E-state index is -1.56. The Hall–Kier alpha value is -3.09. The van der Waals surface area contributed by atoms with Crippen molar-refractivity contribution in [2.45, 2.75) is 43.5 Å². The number of methoxy groups -OCH3 is 3. The van der Waals surface area contributed by atoms with Crippen molar-refractivity contribution in [3.63, 3.8) is 0 Å². The van der Waals surface area contributed by atoms with Gasteiger partial charge in [0.05, 0.1) is 40.5 Å². The van der Waals surface area contributed by atoms with Crippen molar-refractivity contribution in [1.82, 2.24) is 0 Å². The normalized spacial score (nSPS) is 29.0. The number of ether oxygens (including phenoxy) is 6. The highest BCUT2D eigenvalue weighted by molar-refractivity contribution is 5.75. The number of carbonyl (C=O) groups is 1. The fourth-order valence-electron chi connectivity index (χ4n) is 4.85. The van der Waals surface area contributed by atoms with Gasteiger partial charge in [-0.1, -0.05) is 12.1 Å². The number of rotatable bonds is 10. The zero-order valence-electron chi connectivity index (χ0n) is 21.5. The molecule has 2 heterocycles. The van der Waals surface area contributed by atoms with Crippen LogP contribution in [0.25, 0.3) is 0 Å². The molecule has 2 saturated heterocycles. The van der Waals surface area contributed by atoms with Gasteiger partial charge in [0.2, 0.25) is 6.29 Å². The summed E-state index contributed by atoms with van der Waals surface area (Å²) in [6, 6.07) is 10.8. The van der Waals surface area contributed by atoms with Gasteiger partial charge in [0.25, 0.3) is 0 Å². The largest absolute Gasteiger partial charge is 0.493 e. The Labute approximate surface area is 220 Å². The van der Waals surface area contributed by atoms with E-state index in [0.717, 1.165) is 11.1 Å². The van der Waals surface area contributed by atoms with E-state index in [2.05, 4.69) is 0 Å². The van der Waals surface area contributed by atoms with Crippen LogP contribution in [0.4, 0.5) is 0 Å². The Bertz CT molecular complexity index is 1100. The standard InChI is InChI=1S/C27H34O11/c1-33-18-6-4-15(11-20(18)34-2)9-17-16(13-36-26(17)32)8-14-5-7-19(21(10-14)35-3)37-27-25(31)24(30)23(29)22(12-28)38-27/h4-7,10-11,16-17,22-25,27-31H,8-9,12-13H2,1-3H3/t16-,17-,22+,23-,24-,25-,27-/m1/s1. The molecule has 208 valence electrons. The van der Waals surface area contributed by atoms with Crippen molar-refractivity contribution in [3.8, 4) is 23.0 Å². The number of hydrogen-bond acceptors (Lipinski definition) is 11. The fourth-order valence-corrected chi connectivity index (χ4v) is 4.85. The van der Waals surface area contributed by atoms with E-state index in [1.807, 2.05) is 18.2 Å². The molecule has 2 aromatic carbocycles. The van der Waals surface area contributed by atoms with Crippen LogP contribution >= 0.6 is 0 Å². The summed E-state index contributed by atoms with van der Waals surface area (Å²) in [5.74, 6) is 1.12. The average molecular weight is 535 g/mol. The number of esters is 1. The number of carbonyl (C=O) groups excluding carboxylic acids is 1. The highest BCUT2D eigenvalue weighted by Crippen LogP contribution is 2.36. The van der Waals surface area contributed by atoms with Crippen molar-refractivity contribution in [1.29, 1.82) is 0 Å². The molecule has 0 amide bonds. The highest BCUT2D eigenvalue weighted by Gasteiger charge is 2.45. The molecule has 2 aliphatic rings. The molecular formula is C27H34O11. The lowest BCUT2D eigenvalue weighted by Gasteiger charge is -2.39. The van der Waals surface area contributed by atoms with Gasteiger partial charge in [-0.25, -0.2) is 0 Å². The third kappa shape index (κ3) is 5.82. The molecule has 0 spiro atoms. The Kier molecular flexibility index (Phi) is 8.95. The van der Waals surface area contributed by atoms with Crippen LogP contribution in [0.1, 0.15) is 11.1 Å². The molecule has 0 aliphatic carbocycles. The molecule has 38 heavy (non-hydrogen) atoms. The van der Waals surface area contributed by atoms with E-state index in [0.29, 0.717) is 36.7 Å². The first-order valence-corrected chi connectivity index (χ1v) is 12.3. The number of benzene rings is 2. The third-order valence-electron chi connectivity index (χ3n) is 7.03. The summed E-state index contributed by atoms with van der Waals surface area (Å²) in [6.45, 7) is -0.268. The molecule has 11 nitrogen and oxygen atoms in total. The lowest BCUT2D eigenvalue weighted by atomic mass is 9.85. The molecule has 4 N–H and O–H groups in total. The van der Waals surface area contributed by atoms with Crippen LogP contribution < -0.4 is 18.9 Å². The summed E-state index contributed by atoms with van der Waals surface area (Å²) >= 11 is 0. The van der Waals surface area contributed by atoms with Crippen molar-refractivity contribution in [2.24, 2.45) is 11.8 Å². The van der Waals surface area contributed by atoms with Gasteiger partial charge < -0.3 is 48.8 Å². The highest BCUT2D eigenvalue weighted by atomic mass is 16.7. The van der Waals surface area contributed by atoms with Crippen LogP contribution in [0.15, 0.2) is 36.4 Å².